The molecule has 1 saturated heterocycles. The first-order chi connectivity index (χ1) is 23.6. The largest absolute Gasteiger partial charge is 0.505 e. The standard InChI is InChI=1S/C36H53N3O12/c1-11-19(6)28-31(43)38-24(15-17(2)3)29(41)36(9,10)35(47)50-25(16-18(4)5)33(45)48-20(7)26(34(46)49-21(8)32(44)51-28)39-30(42)22-13-12-14-23(37)27(22)40/h12-14,17-21,24-26,28,40H,11,15-16,37H2,1-10H3,(H,38,43)(H,39,42)/t19-,20-,21-,24+,25+,26+,28-/m1/s1. The molecule has 0 bridgehead atoms. The smallest absolute Gasteiger partial charge is 0.347 e. The van der Waals surface area contributed by atoms with Gasteiger partial charge >= 0.3 is 23.9 Å². The molecule has 0 saturated carbocycles. The second-order valence-electron chi connectivity index (χ2n) is 14.4. The molecule has 0 aromatic heterocycles. The lowest BCUT2D eigenvalue weighted by atomic mass is 9.81. The Morgan fingerprint density at radius 3 is 2.08 bits per heavy atom. The first-order valence-electron chi connectivity index (χ1n) is 17.2. The summed E-state index contributed by atoms with van der Waals surface area (Å²) in [6.45, 7) is 15.7. The number of benzene rings is 1. The van der Waals surface area contributed by atoms with Crippen LogP contribution >= 0.6 is 0 Å². The van der Waals surface area contributed by atoms with E-state index in [1.165, 1.54) is 45.9 Å². The number of hydrogen-bond acceptors (Lipinski definition) is 13. The van der Waals surface area contributed by atoms with Gasteiger partial charge in [0.25, 0.3) is 11.8 Å². The minimum Gasteiger partial charge on any atom is -0.505 e. The molecule has 1 fully saturated rings. The maximum absolute atomic E-state index is 14.0. The Labute approximate surface area is 298 Å². The molecule has 1 aromatic rings. The number of carbonyl (C=O) groups excluding carboxylic acids is 7. The summed E-state index contributed by atoms with van der Waals surface area (Å²) in [7, 11) is 0. The van der Waals surface area contributed by atoms with E-state index in [-0.39, 0.29) is 35.9 Å². The highest BCUT2D eigenvalue weighted by Crippen LogP contribution is 2.28. The number of nitrogens with two attached hydrogens (primary N) is 1. The van der Waals surface area contributed by atoms with Crippen LogP contribution in [0.15, 0.2) is 18.2 Å². The molecular formula is C36H53N3O12. The van der Waals surface area contributed by atoms with Crippen LogP contribution in [0.4, 0.5) is 5.69 Å². The van der Waals surface area contributed by atoms with Gasteiger partial charge in [-0.3, -0.25) is 19.2 Å². The van der Waals surface area contributed by atoms with Crippen molar-refractivity contribution in [3.63, 3.8) is 0 Å². The first kappa shape index (κ1) is 42.5. The Balaban J connectivity index is 2.67. The topological polar surface area (TPSA) is 227 Å². The quantitative estimate of drug-likeness (QED) is 0.0998. The number of esters is 4. The molecule has 2 rings (SSSR count). The molecule has 15 nitrogen and oxygen atoms in total. The molecule has 0 aliphatic carbocycles. The van der Waals surface area contributed by atoms with E-state index in [2.05, 4.69) is 10.6 Å². The fourth-order valence-corrected chi connectivity index (χ4v) is 5.21. The van der Waals surface area contributed by atoms with E-state index in [4.69, 9.17) is 24.7 Å². The monoisotopic (exact) mass is 719 g/mol. The van der Waals surface area contributed by atoms with Crippen molar-refractivity contribution in [3.05, 3.63) is 23.8 Å². The maximum Gasteiger partial charge on any atom is 0.347 e. The molecular weight excluding hydrogens is 666 g/mol. The van der Waals surface area contributed by atoms with E-state index < -0.39 is 95.1 Å². The molecule has 15 heteroatoms. The zero-order valence-electron chi connectivity index (χ0n) is 31.1. The molecule has 7 atom stereocenters. The third kappa shape index (κ3) is 11.1. The van der Waals surface area contributed by atoms with Gasteiger partial charge in [0.05, 0.1) is 17.3 Å². The van der Waals surface area contributed by atoms with Crippen LogP contribution in [0.3, 0.4) is 0 Å². The van der Waals surface area contributed by atoms with E-state index in [9.17, 15) is 38.7 Å². The Morgan fingerprint density at radius 2 is 1.51 bits per heavy atom. The molecule has 0 radical (unpaired) electrons. The average Bonchev–Trinajstić information content (AvgIpc) is 3.04. The summed E-state index contributed by atoms with van der Waals surface area (Å²) in [5.41, 5.74) is 3.42. The lowest BCUT2D eigenvalue weighted by Gasteiger charge is -2.32. The number of aromatic hydroxyl groups is 1. The van der Waals surface area contributed by atoms with Gasteiger partial charge in [-0.25, -0.2) is 14.4 Å². The van der Waals surface area contributed by atoms with Crippen LogP contribution in [0.2, 0.25) is 0 Å². The number of anilines is 1. The van der Waals surface area contributed by atoms with E-state index in [1.54, 1.807) is 27.7 Å². The highest BCUT2D eigenvalue weighted by atomic mass is 16.6. The van der Waals surface area contributed by atoms with Crippen LogP contribution in [0, 0.1) is 23.2 Å². The molecule has 0 spiro atoms. The van der Waals surface area contributed by atoms with E-state index >= 15 is 0 Å². The van der Waals surface area contributed by atoms with Gasteiger partial charge in [0.1, 0.15) is 11.5 Å². The van der Waals surface area contributed by atoms with E-state index in [0.29, 0.717) is 6.42 Å². The maximum atomic E-state index is 14.0. The Morgan fingerprint density at radius 1 is 0.902 bits per heavy atom. The second-order valence-corrected chi connectivity index (χ2v) is 14.4. The van der Waals surface area contributed by atoms with Crippen molar-refractivity contribution in [2.24, 2.45) is 23.2 Å². The molecule has 5 N–H and O–H groups in total. The predicted molar refractivity (Wildman–Crippen MR) is 184 cm³/mol. The number of amides is 2. The Kier molecular flexibility index (Phi) is 15.0. The Bertz CT molecular complexity index is 1470. The molecule has 1 aliphatic rings. The summed E-state index contributed by atoms with van der Waals surface area (Å²) in [5, 5.41) is 15.4. The third-order valence-electron chi connectivity index (χ3n) is 8.58. The minimum atomic E-state index is -1.86. The van der Waals surface area contributed by atoms with Crippen LogP contribution in [0.5, 0.6) is 5.75 Å². The van der Waals surface area contributed by atoms with Crippen molar-refractivity contribution in [3.8, 4) is 5.75 Å². The summed E-state index contributed by atoms with van der Waals surface area (Å²) >= 11 is 0. The number of nitrogens with one attached hydrogen (secondary N) is 2. The molecule has 284 valence electrons. The number of cyclic esters (lactones) is 4. The van der Waals surface area contributed by atoms with Gasteiger partial charge in [-0.05, 0) is 70.9 Å². The highest BCUT2D eigenvalue weighted by Gasteiger charge is 2.46. The average molecular weight is 720 g/mol. The summed E-state index contributed by atoms with van der Waals surface area (Å²) in [4.78, 5) is 95.0. The molecule has 1 aliphatic heterocycles. The van der Waals surface area contributed by atoms with Gasteiger partial charge in [0.15, 0.2) is 35.9 Å². The molecule has 1 heterocycles. The van der Waals surface area contributed by atoms with Gasteiger partial charge in [-0.1, -0.05) is 47.6 Å². The summed E-state index contributed by atoms with van der Waals surface area (Å²) in [5.74, 6) is -8.45. The second kappa shape index (κ2) is 18.0. The molecule has 1 aromatic carbocycles. The van der Waals surface area contributed by atoms with Crippen molar-refractivity contribution >= 4 is 47.2 Å². The first-order valence-corrected chi connectivity index (χ1v) is 17.2. The van der Waals surface area contributed by atoms with Crippen molar-refractivity contribution in [2.45, 2.75) is 125 Å². The fourth-order valence-electron chi connectivity index (χ4n) is 5.21. The summed E-state index contributed by atoms with van der Waals surface area (Å²) in [6.07, 6.45) is -5.62. The number of ether oxygens (including phenoxy) is 4. The van der Waals surface area contributed by atoms with Crippen molar-refractivity contribution in [1.29, 1.82) is 0 Å². The number of carbonyl (C=O) groups is 7. The third-order valence-corrected chi connectivity index (χ3v) is 8.58. The van der Waals surface area contributed by atoms with Crippen LogP contribution in [-0.2, 0) is 47.7 Å². The predicted octanol–water partition coefficient (Wildman–Crippen LogP) is 2.99. The fraction of sp³-hybridized carbons (Fsp3) is 0.639. The number of ketones is 1. The number of hydrogen-bond donors (Lipinski definition) is 4. The van der Waals surface area contributed by atoms with Gasteiger partial charge < -0.3 is 40.4 Å². The van der Waals surface area contributed by atoms with Crippen molar-refractivity contribution in [1.82, 2.24) is 10.6 Å². The van der Waals surface area contributed by atoms with Crippen molar-refractivity contribution < 1.29 is 57.6 Å². The molecule has 51 heavy (non-hydrogen) atoms. The number of Topliss-reactive ketones (excluding diaryl/α,β-unsaturated/α-hetero) is 1. The van der Waals surface area contributed by atoms with E-state index in [0.717, 1.165) is 0 Å². The summed E-state index contributed by atoms with van der Waals surface area (Å²) in [6, 6.07) is 0.988. The number of phenolic OH excluding ortho intramolecular Hbond substituents is 1. The number of phenols is 1. The zero-order chi connectivity index (χ0) is 39.0. The highest BCUT2D eigenvalue weighted by molar-refractivity contribution is 6.07. The Hall–Kier alpha value is -4.69. The SMILES string of the molecule is CC[C@@H](C)[C@H]1OC(=O)[C@@H](C)OC(=O)[C@@H](NC(=O)c2cccc(N)c2O)[C@@H](C)OC(=O)[C@H](CC(C)C)OC(=O)C(C)(C)C(=O)[C@H](CC(C)C)NC1=O. The van der Waals surface area contributed by atoms with Gasteiger partial charge in [0, 0.05) is 5.92 Å². The van der Waals surface area contributed by atoms with Crippen molar-refractivity contribution in [2.75, 3.05) is 5.73 Å². The number of rotatable bonds is 8. The van der Waals surface area contributed by atoms with Gasteiger partial charge in [-0.15, -0.1) is 0 Å². The lowest BCUT2D eigenvalue weighted by molar-refractivity contribution is -0.183. The molecule has 2 amide bonds. The van der Waals surface area contributed by atoms with Crippen LogP contribution in [0.25, 0.3) is 0 Å². The number of para-hydroxylation sites is 1. The molecule has 0 unspecified atom stereocenters. The van der Waals surface area contributed by atoms with Gasteiger partial charge in [0.2, 0.25) is 0 Å². The lowest BCUT2D eigenvalue weighted by Crippen LogP contribution is -2.55. The van der Waals surface area contributed by atoms with E-state index in [1.807, 2.05) is 13.8 Å². The normalized spacial score (nSPS) is 26.2. The van der Waals surface area contributed by atoms with Crippen LogP contribution < -0.4 is 16.4 Å². The minimum absolute atomic E-state index is 0.0359. The zero-order valence-corrected chi connectivity index (χ0v) is 31.1. The number of nitrogen functional groups attached to an aromatic ring is 1. The van der Waals surface area contributed by atoms with Gasteiger partial charge in [-0.2, -0.15) is 0 Å². The van der Waals surface area contributed by atoms with Crippen LogP contribution in [0.1, 0.15) is 98.9 Å². The summed E-state index contributed by atoms with van der Waals surface area (Å²) < 4.78 is 22.1. The van der Waals surface area contributed by atoms with Crippen LogP contribution in [-0.4, -0.2) is 83.1 Å².